The zero-order chi connectivity index (χ0) is 74.3. The predicted molar refractivity (Wildman–Crippen MR) is 382 cm³/mol. The summed E-state index contributed by atoms with van der Waals surface area (Å²) >= 11 is 0. The van der Waals surface area contributed by atoms with E-state index in [1.807, 2.05) is 20.8 Å². The first-order valence-electron chi connectivity index (χ1n) is 33.0. The molecule has 98 heavy (non-hydrogen) atoms. The molecule has 0 unspecified atom stereocenters. The molecule has 0 aliphatic carbocycles. The minimum absolute atomic E-state index is 0.00243. The predicted octanol–water partition coefficient (Wildman–Crippen LogP) is -5.63. The lowest BCUT2D eigenvalue weighted by molar-refractivity contribution is -0.136. The van der Waals surface area contributed by atoms with E-state index in [4.69, 9.17) is 91.7 Å². The summed E-state index contributed by atoms with van der Waals surface area (Å²) in [5.41, 5.74) is 89.7. The molecular weight excluding hydrogens is 1270 g/mol. The van der Waals surface area contributed by atoms with Gasteiger partial charge in [-0.25, -0.2) is 0 Å². The fraction of sp³-hybridized carbons (Fsp3) is 0.717. The summed E-state index contributed by atoms with van der Waals surface area (Å²) in [7, 11) is 0. The van der Waals surface area contributed by atoms with Crippen molar-refractivity contribution >= 4 is 100 Å². The lowest BCUT2D eigenvalue weighted by Crippen LogP contribution is -2.52. The van der Waals surface area contributed by atoms with Crippen LogP contribution in [0.2, 0.25) is 0 Å². The number of amides is 6. The summed E-state index contributed by atoms with van der Waals surface area (Å²) < 4.78 is 0. The maximum atomic E-state index is 15.0. The Morgan fingerprint density at radius 2 is 0.551 bits per heavy atom. The molecule has 0 spiro atoms. The third-order valence-corrected chi connectivity index (χ3v) is 15.0. The van der Waals surface area contributed by atoms with E-state index in [0.29, 0.717) is 18.7 Å². The van der Waals surface area contributed by atoms with Gasteiger partial charge in [0.05, 0.1) is 24.0 Å². The van der Waals surface area contributed by atoms with Crippen molar-refractivity contribution in [3.63, 3.8) is 0 Å². The Bertz CT molecular complexity index is 2750. The number of primary amides is 1. The smallest absolute Gasteiger partial charge is 0.243 e. The van der Waals surface area contributed by atoms with Crippen LogP contribution in [0.4, 0.5) is 0 Å². The van der Waals surface area contributed by atoms with Gasteiger partial charge in [0, 0.05) is 95.8 Å². The number of carbonyl (C=O) groups is 9. The van der Waals surface area contributed by atoms with Crippen molar-refractivity contribution in [1.82, 2.24) is 26.6 Å². The van der Waals surface area contributed by atoms with Gasteiger partial charge in [-0.15, -0.1) is 0 Å². The topological polar surface area (TPSA) is 729 Å². The van der Waals surface area contributed by atoms with Crippen LogP contribution >= 0.6 is 0 Å². The average Bonchev–Trinajstić information content (AvgIpc) is 0.877. The third kappa shape index (κ3) is 45.5. The highest BCUT2D eigenvalue weighted by atomic mass is 16.2. The van der Waals surface area contributed by atoms with E-state index in [-0.39, 0.29) is 202 Å². The molecule has 38 heteroatoms. The molecule has 38 nitrogen and oxygen atoms in total. The molecular formula is C60H117N29O9. The number of carbonyl (C=O) groups excluding carboxylic acids is 9. The van der Waals surface area contributed by atoms with Crippen LogP contribution in [0.25, 0.3) is 0 Å². The largest absolute Gasteiger partial charge is 0.388 e. The Hall–Kier alpha value is -9.81. The fourth-order valence-electron chi connectivity index (χ4n) is 10.0. The molecule has 0 aromatic heterocycles. The lowest BCUT2D eigenvalue weighted by atomic mass is 9.88. The van der Waals surface area contributed by atoms with Crippen LogP contribution in [0.5, 0.6) is 0 Å². The number of aliphatic imine (C=N–C) groups is 8. The van der Waals surface area contributed by atoms with E-state index in [9.17, 15) is 43.2 Å². The maximum Gasteiger partial charge on any atom is 0.243 e. The summed E-state index contributed by atoms with van der Waals surface area (Å²) in [6.07, 6.45) is 1.34. The highest BCUT2D eigenvalue weighted by Gasteiger charge is 2.35. The van der Waals surface area contributed by atoms with Gasteiger partial charge in [-0.3, -0.25) is 83.1 Å². The highest BCUT2D eigenvalue weighted by molar-refractivity contribution is 5.98. The number of rotatable bonds is 54. The van der Waals surface area contributed by atoms with Gasteiger partial charge in [-0.2, -0.15) is 0 Å². The average molecular weight is 1390 g/mol. The molecule has 0 aliphatic rings. The van der Waals surface area contributed by atoms with E-state index in [2.05, 4.69) is 66.5 Å². The van der Waals surface area contributed by atoms with E-state index >= 15 is 0 Å². The minimum atomic E-state index is -1.36. The van der Waals surface area contributed by atoms with Crippen LogP contribution in [0, 0.1) is 23.2 Å². The molecule has 0 rings (SSSR count). The van der Waals surface area contributed by atoms with E-state index in [1.165, 1.54) is 0 Å². The van der Waals surface area contributed by atoms with Gasteiger partial charge < -0.3 is 118 Å². The standard InChI is InChI=1S/C60H117N29O9/c1-35(61)77-24-12-20-42(48(62)94)89-51(97)38(16-8-27-80-55(67)68)34-45(91)40(18-10-29-82-57(71)72)87-49(95)36(14-6-25-78-53(63)64)32-44(90)39(17-9-28-81-56(69)70)86-50(96)37(15-7-26-79-54(65)66)33-46(92)41(19-11-30-83-58(73)74)88-52(98)43(21-13-31-84-59(75)76)85-47(93)22-5-23-60(2,3)4/h36-43H,5-34H2,1-4H3,(H2,61,77)(H2,62,94)(H,85,93)(H,86,96)(H,87,95)(H,88,98)(H,89,97)(H4,63,64,78)(H4,65,66,79)(H4,67,68,80)(H4,69,70,81)(H4,71,72,82)(H4,73,74,83)(H4,75,76,84)/t36-,37-,38-,39+,40+,41+,42+,43-/m1/s1. The zero-order valence-corrected chi connectivity index (χ0v) is 57.8. The van der Waals surface area contributed by atoms with Crippen LogP contribution in [0.1, 0.15) is 169 Å². The second-order valence-electron chi connectivity index (χ2n) is 25.1. The Labute approximate surface area is 574 Å². The third-order valence-electron chi connectivity index (χ3n) is 15.0. The van der Waals surface area contributed by atoms with Gasteiger partial charge in [0.2, 0.25) is 35.4 Å². The van der Waals surface area contributed by atoms with Crippen molar-refractivity contribution in [2.75, 3.05) is 52.4 Å². The number of hydrogen-bond acceptors (Lipinski definition) is 17. The van der Waals surface area contributed by atoms with Crippen molar-refractivity contribution in [3.8, 4) is 0 Å². The summed E-state index contributed by atoms with van der Waals surface area (Å²) in [4.78, 5) is 161. The van der Waals surface area contributed by atoms with Crippen molar-refractivity contribution in [3.05, 3.63) is 0 Å². The van der Waals surface area contributed by atoms with Crippen LogP contribution in [-0.4, -0.2) is 183 Å². The number of ketones is 3. The highest BCUT2D eigenvalue weighted by Crippen LogP contribution is 2.24. The monoisotopic (exact) mass is 1390 g/mol. The fourth-order valence-corrected chi connectivity index (χ4v) is 10.0. The number of nitrogens with one attached hydrogen (secondary N) is 5. The van der Waals surface area contributed by atoms with Crippen LogP contribution in [0.15, 0.2) is 39.9 Å². The Kier molecular flexibility index (Phi) is 44.7. The van der Waals surface area contributed by atoms with Crippen molar-refractivity contribution in [2.24, 2.45) is 155 Å². The van der Waals surface area contributed by atoms with Crippen molar-refractivity contribution < 1.29 is 43.2 Å². The number of nitrogens with zero attached hydrogens (tertiary/aromatic N) is 8. The SMILES string of the molecule is CC(N)=NCCC[C@H](NC(=O)[C@H](CCCN=C(N)N)CC(=O)[C@H](CCCN=C(N)N)NC(=O)[C@H](CCCN=C(N)N)CC(=O)[C@H](CCCN=C(N)N)NC(=O)[C@H](CCCN=C(N)N)CC(=O)[C@H](CCCN=C(N)N)NC(=O)[C@@H](CCCN=C(N)N)NC(=O)CCCC(C)(C)C)C(N)=O. The van der Waals surface area contributed by atoms with E-state index in [0.717, 1.165) is 6.42 Å². The lowest BCUT2D eigenvalue weighted by Gasteiger charge is -2.27. The van der Waals surface area contributed by atoms with E-state index in [1.54, 1.807) is 6.92 Å². The summed E-state index contributed by atoms with van der Waals surface area (Å²) in [6.45, 7) is 8.29. The van der Waals surface area contributed by atoms with Crippen molar-refractivity contribution in [2.45, 2.75) is 199 Å². The van der Waals surface area contributed by atoms with Crippen LogP contribution in [0.3, 0.4) is 0 Å². The van der Waals surface area contributed by atoms with Gasteiger partial charge in [0.1, 0.15) is 12.1 Å². The number of nitrogens with two attached hydrogens (primary N) is 16. The number of amidine groups is 1. The molecule has 0 fully saturated rings. The molecule has 0 radical (unpaired) electrons. The molecule has 0 aliphatic heterocycles. The first-order chi connectivity index (χ1) is 46.0. The summed E-state index contributed by atoms with van der Waals surface area (Å²) in [6, 6.07) is -6.24. The van der Waals surface area contributed by atoms with Gasteiger partial charge in [-0.1, -0.05) is 20.8 Å². The Balaban J connectivity index is 7.72. The molecule has 0 saturated carbocycles. The zero-order valence-electron chi connectivity index (χ0n) is 57.8. The van der Waals surface area contributed by atoms with Crippen molar-refractivity contribution in [1.29, 1.82) is 0 Å². The number of Topliss-reactive ketones (excluding diaryl/α,β-unsaturated/α-hetero) is 3. The maximum absolute atomic E-state index is 15.0. The molecule has 0 bridgehead atoms. The molecule has 0 aromatic carbocycles. The molecule has 0 saturated heterocycles. The van der Waals surface area contributed by atoms with Gasteiger partial charge in [0.15, 0.2) is 59.1 Å². The van der Waals surface area contributed by atoms with Gasteiger partial charge >= 0.3 is 0 Å². The Morgan fingerprint density at radius 1 is 0.306 bits per heavy atom. The second-order valence-corrected chi connectivity index (χ2v) is 25.1. The van der Waals surface area contributed by atoms with Crippen LogP contribution < -0.4 is 118 Å². The first-order valence-corrected chi connectivity index (χ1v) is 33.0. The minimum Gasteiger partial charge on any atom is -0.388 e. The molecule has 37 N–H and O–H groups in total. The molecule has 0 heterocycles. The quantitative estimate of drug-likeness (QED) is 0.0153. The number of guanidine groups is 7. The Morgan fingerprint density at radius 3 is 0.816 bits per heavy atom. The molecule has 6 amide bonds. The van der Waals surface area contributed by atoms with E-state index < -0.39 is 120 Å². The first kappa shape index (κ1) is 88.2. The van der Waals surface area contributed by atoms with Crippen LogP contribution in [-0.2, 0) is 43.2 Å². The second kappa shape index (κ2) is 49.7. The molecule has 8 atom stereocenters. The number of hydrogen-bond donors (Lipinski definition) is 21. The molecule has 556 valence electrons. The van der Waals surface area contributed by atoms with Gasteiger partial charge in [0.25, 0.3) is 0 Å². The summed E-state index contributed by atoms with van der Waals surface area (Å²) in [5, 5.41) is 13.9. The molecule has 0 aromatic rings. The normalized spacial score (nSPS) is 13.7. The van der Waals surface area contributed by atoms with Gasteiger partial charge in [-0.05, 0) is 128 Å². The summed E-state index contributed by atoms with van der Waals surface area (Å²) in [5.74, 6) is -10.9.